The van der Waals surface area contributed by atoms with Crippen LogP contribution in [0.5, 0.6) is 0 Å². The molecule has 116 valence electrons. The van der Waals surface area contributed by atoms with Gasteiger partial charge in [0.1, 0.15) is 0 Å². The maximum atomic E-state index is 12.2. The Hall–Kier alpha value is -0.970. The van der Waals surface area contributed by atoms with E-state index in [2.05, 4.69) is 17.1 Å². The summed E-state index contributed by atoms with van der Waals surface area (Å²) in [6.07, 6.45) is 3.58. The molecule has 4 nitrogen and oxygen atoms in total. The van der Waals surface area contributed by atoms with Gasteiger partial charge in [0.15, 0.2) is 0 Å². The first-order chi connectivity index (χ1) is 9.99. The minimum atomic E-state index is -0.0972. The number of nitrogen functional groups attached to an aromatic ring is 1. The fraction of sp³-hybridized carbons (Fsp3) is 0.533. The first kappa shape index (κ1) is 16.4. The number of benzene rings is 1. The maximum Gasteiger partial charge on any atom is 0.238 e. The summed E-state index contributed by atoms with van der Waals surface area (Å²) in [7, 11) is 0. The van der Waals surface area contributed by atoms with Crippen LogP contribution in [0.25, 0.3) is 0 Å². The van der Waals surface area contributed by atoms with Gasteiger partial charge in [0.05, 0.1) is 22.9 Å². The van der Waals surface area contributed by atoms with Crippen LogP contribution in [0.4, 0.5) is 11.4 Å². The quantitative estimate of drug-likeness (QED) is 0.751. The molecule has 0 spiro atoms. The third-order valence-electron chi connectivity index (χ3n) is 3.47. The second kappa shape index (κ2) is 7.34. The van der Waals surface area contributed by atoms with Gasteiger partial charge in [-0.15, -0.1) is 0 Å². The molecule has 0 atom stereocenters. The Morgan fingerprint density at radius 2 is 2.14 bits per heavy atom. The molecule has 1 amide bonds. The number of amides is 1. The van der Waals surface area contributed by atoms with Crippen molar-refractivity contribution < 1.29 is 4.79 Å². The van der Waals surface area contributed by atoms with Crippen molar-refractivity contribution in [3.05, 3.63) is 22.2 Å². The van der Waals surface area contributed by atoms with Crippen LogP contribution in [0.15, 0.2) is 12.1 Å². The molecule has 6 heteroatoms. The molecule has 1 aliphatic carbocycles. The number of nitrogens with one attached hydrogen (secondary N) is 1. The SMILES string of the molecule is CCCN(CC(=O)Nc1c(N)cc(Cl)cc1Cl)CC1CC1. The lowest BCUT2D eigenvalue weighted by Crippen LogP contribution is -2.35. The van der Waals surface area contributed by atoms with E-state index in [4.69, 9.17) is 28.9 Å². The number of anilines is 2. The molecule has 0 radical (unpaired) electrons. The number of nitrogens with two attached hydrogens (primary N) is 1. The summed E-state index contributed by atoms with van der Waals surface area (Å²) in [5.74, 6) is 0.661. The van der Waals surface area contributed by atoms with Crippen LogP contribution in [0.1, 0.15) is 26.2 Å². The Kier molecular flexibility index (Phi) is 5.73. The number of rotatable bonds is 7. The van der Waals surface area contributed by atoms with Gasteiger partial charge in [0.2, 0.25) is 5.91 Å². The molecular formula is C15H21Cl2N3O. The standard InChI is InChI=1S/C15H21Cl2N3O/c1-2-5-20(8-10-3-4-10)9-14(21)19-15-12(17)6-11(16)7-13(15)18/h6-7,10H,2-5,8-9,18H2,1H3,(H,19,21). The number of carbonyl (C=O) groups excluding carboxylic acids is 1. The lowest BCUT2D eigenvalue weighted by atomic mass is 10.2. The lowest BCUT2D eigenvalue weighted by molar-refractivity contribution is -0.117. The molecule has 3 N–H and O–H groups in total. The lowest BCUT2D eigenvalue weighted by Gasteiger charge is -2.21. The monoisotopic (exact) mass is 329 g/mol. The molecule has 0 bridgehead atoms. The summed E-state index contributed by atoms with van der Waals surface area (Å²) >= 11 is 11.9. The average molecular weight is 330 g/mol. The molecule has 0 aliphatic heterocycles. The van der Waals surface area contributed by atoms with E-state index in [-0.39, 0.29) is 5.91 Å². The highest BCUT2D eigenvalue weighted by molar-refractivity contribution is 6.37. The largest absolute Gasteiger partial charge is 0.397 e. The van der Waals surface area contributed by atoms with Crippen molar-refractivity contribution in [2.24, 2.45) is 5.92 Å². The van der Waals surface area contributed by atoms with Gasteiger partial charge in [-0.05, 0) is 43.9 Å². The fourth-order valence-corrected chi connectivity index (χ4v) is 2.88. The molecule has 1 aliphatic rings. The van der Waals surface area contributed by atoms with Crippen molar-refractivity contribution in [3.8, 4) is 0 Å². The van der Waals surface area contributed by atoms with Crippen molar-refractivity contribution >= 4 is 40.5 Å². The predicted octanol–water partition coefficient (Wildman–Crippen LogP) is 3.64. The molecule has 1 aromatic carbocycles. The summed E-state index contributed by atoms with van der Waals surface area (Å²) in [6.45, 7) is 4.40. The van der Waals surface area contributed by atoms with Gasteiger partial charge >= 0.3 is 0 Å². The zero-order valence-electron chi connectivity index (χ0n) is 12.2. The second-order valence-corrected chi connectivity index (χ2v) is 6.42. The first-order valence-electron chi connectivity index (χ1n) is 7.26. The van der Waals surface area contributed by atoms with Crippen LogP contribution in [-0.4, -0.2) is 30.4 Å². The Bertz CT molecular complexity index is 495. The highest BCUT2D eigenvalue weighted by Crippen LogP contribution is 2.32. The van der Waals surface area contributed by atoms with E-state index >= 15 is 0 Å². The predicted molar refractivity (Wildman–Crippen MR) is 89.0 cm³/mol. The van der Waals surface area contributed by atoms with Crippen molar-refractivity contribution in [1.82, 2.24) is 4.90 Å². The summed E-state index contributed by atoms with van der Waals surface area (Å²) < 4.78 is 0. The average Bonchev–Trinajstić information content (AvgIpc) is 3.18. The molecule has 1 saturated carbocycles. The Morgan fingerprint density at radius 1 is 1.43 bits per heavy atom. The topological polar surface area (TPSA) is 58.4 Å². The third-order valence-corrected chi connectivity index (χ3v) is 3.99. The Balaban J connectivity index is 1.96. The van der Waals surface area contributed by atoms with Gasteiger partial charge in [-0.25, -0.2) is 0 Å². The molecule has 1 fully saturated rings. The Labute approximate surface area is 135 Å². The van der Waals surface area contributed by atoms with E-state index in [9.17, 15) is 4.79 Å². The zero-order chi connectivity index (χ0) is 15.4. The van der Waals surface area contributed by atoms with E-state index in [1.54, 1.807) is 12.1 Å². The van der Waals surface area contributed by atoms with Crippen LogP contribution < -0.4 is 11.1 Å². The van der Waals surface area contributed by atoms with Crippen molar-refractivity contribution in [2.75, 3.05) is 30.7 Å². The van der Waals surface area contributed by atoms with Crippen LogP contribution in [-0.2, 0) is 4.79 Å². The number of carbonyl (C=O) groups is 1. The van der Waals surface area contributed by atoms with E-state index < -0.39 is 0 Å². The minimum absolute atomic E-state index is 0.0972. The van der Waals surface area contributed by atoms with Crippen LogP contribution in [0.3, 0.4) is 0 Å². The van der Waals surface area contributed by atoms with Crippen molar-refractivity contribution in [1.29, 1.82) is 0 Å². The van der Waals surface area contributed by atoms with Crippen LogP contribution in [0.2, 0.25) is 10.0 Å². The fourth-order valence-electron chi connectivity index (χ4n) is 2.32. The number of hydrogen-bond acceptors (Lipinski definition) is 3. The second-order valence-electron chi connectivity index (χ2n) is 5.58. The maximum absolute atomic E-state index is 12.2. The van der Waals surface area contributed by atoms with Crippen molar-refractivity contribution in [3.63, 3.8) is 0 Å². The smallest absolute Gasteiger partial charge is 0.238 e. The van der Waals surface area contributed by atoms with Crippen LogP contribution in [0, 0.1) is 5.92 Å². The molecule has 0 unspecified atom stereocenters. The molecule has 2 rings (SSSR count). The normalized spacial score (nSPS) is 14.5. The third kappa shape index (κ3) is 5.06. The zero-order valence-corrected chi connectivity index (χ0v) is 13.7. The molecule has 21 heavy (non-hydrogen) atoms. The van der Waals surface area contributed by atoms with Crippen molar-refractivity contribution in [2.45, 2.75) is 26.2 Å². The van der Waals surface area contributed by atoms with E-state index in [0.717, 1.165) is 25.4 Å². The minimum Gasteiger partial charge on any atom is -0.397 e. The molecule has 0 saturated heterocycles. The molecule has 1 aromatic rings. The summed E-state index contributed by atoms with van der Waals surface area (Å²) in [4.78, 5) is 14.4. The highest BCUT2D eigenvalue weighted by atomic mass is 35.5. The molecule has 0 heterocycles. The number of halogens is 2. The van der Waals surface area contributed by atoms with Gasteiger partial charge in [-0.2, -0.15) is 0 Å². The van der Waals surface area contributed by atoms with Gasteiger partial charge < -0.3 is 11.1 Å². The van der Waals surface area contributed by atoms with Gasteiger partial charge in [0, 0.05) is 11.6 Å². The summed E-state index contributed by atoms with van der Waals surface area (Å²) in [5, 5.41) is 3.61. The van der Waals surface area contributed by atoms with E-state index in [1.165, 1.54) is 12.8 Å². The summed E-state index contributed by atoms with van der Waals surface area (Å²) in [6, 6.07) is 3.15. The summed E-state index contributed by atoms with van der Waals surface area (Å²) in [5.41, 5.74) is 6.67. The number of hydrogen-bond donors (Lipinski definition) is 2. The van der Waals surface area contributed by atoms with Gasteiger partial charge in [-0.3, -0.25) is 9.69 Å². The molecule has 0 aromatic heterocycles. The molecular weight excluding hydrogens is 309 g/mol. The van der Waals surface area contributed by atoms with Crippen LogP contribution >= 0.6 is 23.2 Å². The van der Waals surface area contributed by atoms with Gasteiger partial charge in [-0.1, -0.05) is 30.1 Å². The highest BCUT2D eigenvalue weighted by Gasteiger charge is 2.25. The van der Waals surface area contributed by atoms with Gasteiger partial charge in [0.25, 0.3) is 0 Å². The Morgan fingerprint density at radius 3 is 2.71 bits per heavy atom. The first-order valence-corrected chi connectivity index (χ1v) is 8.02. The van der Waals surface area contributed by atoms with E-state index in [0.29, 0.717) is 28.0 Å². The number of nitrogens with zero attached hydrogens (tertiary/aromatic N) is 1. The van der Waals surface area contributed by atoms with E-state index in [1.807, 2.05) is 0 Å².